The molecule has 0 spiro atoms. The van der Waals surface area contributed by atoms with Gasteiger partial charge in [-0.1, -0.05) is 0 Å². The first-order chi connectivity index (χ1) is 10.5. The molecule has 0 bridgehead atoms. The molecule has 6 nitrogen and oxygen atoms in total. The highest BCUT2D eigenvalue weighted by molar-refractivity contribution is 14.1. The lowest BCUT2D eigenvalue weighted by Crippen LogP contribution is -2.42. The smallest absolute Gasteiger partial charge is 0.173 e. The second-order valence-corrected chi connectivity index (χ2v) is 6.48. The Kier molecular flexibility index (Phi) is 3.99. The van der Waals surface area contributed by atoms with E-state index in [4.69, 9.17) is 0 Å². The molecular formula is C14H14FIN6. The summed E-state index contributed by atoms with van der Waals surface area (Å²) in [4.78, 5) is 6.14. The van der Waals surface area contributed by atoms with E-state index in [1.54, 1.807) is 17.8 Å². The largest absolute Gasteiger partial charge is 0.368 e. The van der Waals surface area contributed by atoms with E-state index in [0.717, 1.165) is 9.26 Å². The van der Waals surface area contributed by atoms with Crippen LogP contribution in [0.5, 0.6) is 0 Å². The lowest BCUT2D eigenvalue weighted by atomic mass is 9.92. The SMILES string of the molecule is Cn1cnnc1C1(F)CCN(c2c(I)ccnc2C#N)CC1. The van der Waals surface area contributed by atoms with Gasteiger partial charge in [0, 0.05) is 42.7 Å². The van der Waals surface area contributed by atoms with Gasteiger partial charge in [0.2, 0.25) is 0 Å². The number of aromatic nitrogens is 4. The van der Waals surface area contributed by atoms with Gasteiger partial charge in [-0.15, -0.1) is 10.2 Å². The Hall–Kier alpha value is -1.76. The van der Waals surface area contributed by atoms with Crippen molar-refractivity contribution in [2.24, 2.45) is 7.05 Å². The number of hydrogen-bond acceptors (Lipinski definition) is 5. The molecule has 8 heteroatoms. The van der Waals surface area contributed by atoms with Gasteiger partial charge in [-0.05, 0) is 28.7 Å². The summed E-state index contributed by atoms with van der Waals surface area (Å²) in [7, 11) is 1.75. The third kappa shape index (κ3) is 2.54. The zero-order valence-corrected chi connectivity index (χ0v) is 14.2. The molecule has 2 aromatic rings. The number of aryl methyl sites for hydroxylation is 1. The lowest BCUT2D eigenvalue weighted by Gasteiger charge is -2.37. The molecule has 114 valence electrons. The van der Waals surface area contributed by atoms with Crippen molar-refractivity contribution in [2.75, 3.05) is 18.0 Å². The molecule has 0 unspecified atom stereocenters. The number of piperidine rings is 1. The van der Waals surface area contributed by atoms with Gasteiger partial charge in [0.1, 0.15) is 12.4 Å². The van der Waals surface area contributed by atoms with Crippen molar-refractivity contribution in [2.45, 2.75) is 18.5 Å². The normalized spacial score (nSPS) is 17.3. The molecule has 0 amide bonds. The number of nitrogens with zero attached hydrogens (tertiary/aromatic N) is 6. The Morgan fingerprint density at radius 1 is 1.41 bits per heavy atom. The lowest BCUT2D eigenvalue weighted by molar-refractivity contribution is 0.109. The number of anilines is 1. The van der Waals surface area contributed by atoms with Gasteiger partial charge < -0.3 is 9.47 Å². The monoisotopic (exact) mass is 412 g/mol. The molecule has 0 aliphatic carbocycles. The fourth-order valence-electron chi connectivity index (χ4n) is 2.81. The minimum Gasteiger partial charge on any atom is -0.368 e. The van der Waals surface area contributed by atoms with Crippen molar-refractivity contribution in [3.63, 3.8) is 0 Å². The van der Waals surface area contributed by atoms with Gasteiger partial charge in [0.15, 0.2) is 17.2 Å². The molecule has 3 rings (SSSR count). The third-order valence-corrected chi connectivity index (χ3v) is 4.84. The first-order valence-corrected chi connectivity index (χ1v) is 7.96. The van der Waals surface area contributed by atoms with Crippen molar-refractivity contribution in [3.05, 3.63) is 33.7 Å². The summed E-state index contributed by atoms with van der Waals surface area (Å²) in [6, 6.07) is 3.97. The Morgan fingerprint density at radius 3 is 2.73 bits per heavy atom. The zero-order chi connectivity index (χ0) is 15.7. The van der Waals surface area contributed by atoms with Crippen LogP contribution >= 0.6 is 22.6 Å². The van der Waals surface area contributed by atoms with Crippen LogP contribution in [0.4, 0.5) is 10.1 Å². The van der Waals surface area contributed by atoms with Crippen LogP contribution in [0.1, 0.15) is 24.4 Å². The summed E-state index contributed by atoms with van der Waals surface area (Å²) >= 11 is 2.18. The number of hydrogen-bond donors (Lipinski definition) is 0. The average molecular weight is 412 g/mol. The maximum Gasteiger partial charge on any atom is 0.173 e. The van der Waals surface area contributed by atoms with Gasteiger partial charge in [-0.3, -0.25) is 0 Å². The second kappa shape index (κ2) is 5.79. The molecule has 0 atom stereocenters. The standard InChI is InChI=1S/C14H14FIN6/c1-21-9-19-20-13(21)14(15)3-6-22(7-4-14)12-10(16)2-5-18-11(12)8-17/h2,5,9H,3-4,6-7H2,1H3. The van der Waals surface area contributed by atoms with E-state index >= 15 is 4.39 Å². The van der Waals surface area contributed by atoms with Gasteiger partial charge in [-0.2, -0.15) is 5.26 Å². The fourth-order valence-corrected chi connectivity index (χ4v) is 3.57. The Labute approximate surface area is 141 Å². The summed E-state index contributed by atoms with van der Waals surface area (Å²) in [5, 5.41) is 16.9. The summed E-state index contributed by atoms with van der Waals surface area (Å²) < 4.78 is 17.7. The van der Waals surface area contributed by atoms with Crippen molar-refractivity contribution in [3.8, 4) is 6.07 Å². The predicted octanol–water partition coefficient (Wildman–Crippen LogP) is 2.15. The molecule has 1 saturated heterocycles. The Balaban J connectivity index is 1.84. The molecular weight excluding hydrogens is 398 g/mol. The quantitative estimate of drug-likeness (QED) is 0.708. The van der Waals surface area contributed by atoms with E-state index < -0.39 is 5.67 Å². The van der Waals surface area contributed by atoms with Crippen LogP contribution in [0.15, 0.2) is 18.6 Å². The van der Waals surface area contributed by atoms with E-state index in [2.05, 4.69) is 43.8 Å². The van der Waals surface area contributed by atoms with Crippen molar-refractivity contribution < 1.29 is 4.39 Å². The van der Waals surface area contributed by atoms with Gasteiger partial charge in [-0.25, -0.2) is 9.37 Å². The minimum absolute atomic E-state index is 0.315. The average Bonchev–Trinajstić information content (AvgIpc) is 2.95. The zero-order valence-electron chi connectivity index (χ0n) is 12.0. The second-order valence-electron chi connectivity index (χ2n) is 5.32. The summed E-state index contributed by atoms with van der Waals surface area (Å²) in [5.74, 6) is 0.369. The van der Waals surface area contributed by atoms with Crippen molar-refractivity contribution in [1.82, 2.24) is 19.7 Å². The maximum absolute atomic E-state index is 15.1. The summed E-state index contributed by atoms with van der Waals surface area (Å²) in [6.45, 7) is 1.03. The number of alkyl halides is 1. The first kappa shape index (κ1) is 15.1. The first-order valence-electron chi connectivity index (χ1n) is 6.88. The molecule has 22 heavy (non-hydrogen) atoms. The van der Waals surface area contributed by atoms with Gasteiger partial charge in [0.05, 0.1) is 5.69 Å². The van der Waals surface area contributed by atoms with Gasteiger partial charge in [0.25, 0.3) is 0 Å². The molecule has 1 aliphatic rings. The van der Waals surface area contributed by atoms with Crippen molar-refractivity contribution in [1.29, 1.82) is 5.26 Å². The summed E-state index contributed by atoms with van der Waals surface area (Å²) in [5.41, 5.74) is -0.287. The number of rotatable bonds is 2. The third-order valence-electron chi connectivity index (χ3n) is 3.97. The van der Waals surface area contributed by atoms with Crippen LogP contribution in [-0.2, 0) is 12.7 Å². The van der Waals surface area contributed by atoms with E-state index in [0.29, 0.717) is 37.4 Å². The maximum atomic E-state index is 15.1. The molecule has 0 saturated carbocycles. The van der Waals surface area contributed by atoms with E-state index in [1.807, 2.05) is 11.0 Å². The molecule has 3 heterocycles. The highest BCUT2D eigenvalue weighted by Crippen LogP contribution is 2.38. The van der Waals surface area contributed by atoms with Crippen LogP contribution in [0.2, 0.25) is 0 Å². The molecule has 0 N–H and O–H groups in total. The number of halogens is 2. The predicted molar refractivity (Wildman–Crippen MR) is 86.9 cm³/mol. The highest BCUT2D eigenvalue weighted by Gasteiger charge is 2.40. The minimum atomic E-state index is -1.47. The highest BCUT2D eigenvalue weighted by atomic mass is 127. The molecule has 2 aromatic heterocycles. The molecule has 1 aliphatic heterocycles. The van der Waals surface area contributed by atoms with Crippen LogP contribution in [-0.4, -0.2) is 32.8 Å². The Morgan fingerprint density at radius 2 is 2.14 bits per heavy atom. The van der Waals surface area contributed by atoms with Crippen LogP contribution in [0, 0.1) is 14.9 Å². The van der Waals surface area contributed by atoms with E-state index in [-0.39, 0.29) is 0 Å². The topological polar surface area (TPSA) is 70.6 Å². The Bertz CT molecular complexity index is 729. The number of pyridine rings is 1. The van der Waals surface area contributed by atoms with E-state index in [9.17, 15) is 5.26 Å². The molecule has 1 fully saturated rings. The molecule has 0 radical (unpaired) electrons. The fraction of sp³-hybridized carbons (Fsp3) is 0.429. The van der Waals surface area contributed by atoms with Crippen LogP contribution < -0.4 is 4.90 Å². The van der Waals surface area contributed by atoms with Crippen LogP contribution in [0.25, 0.3) is 0 Å². The van der Waals surface area contributed by atoms with Crippen molar-refractivity contribution >= 4 is 28.3 Å². The molecule has 0 aromatic carbocycles. The number of nitriles is 1. The van der Waals surface area contributed by atoms with E-state index in [1.165, 1.54) is 6.33 Å². The van der Waals surface area contributed by atoms with Crippen LogP contribution in [0.3, 0.4) is 0 Å². The summed E-state index contributed by atoms with van der Waals surface area (Å²) in [6.07, 6.45) is 3.76. The van der Waals surface area contributed by atoms with Gasteiger partial charge >= 0.3 is 0 Å².